The summed E-state index contributed by atoms with van der Waals surface area (Å²) in [4.78, 5) is 11.1. The molecule has 0 radical (unpaired) electrons. The number of aliphatic hydroxyl groups is 2. The summed E-state index contributed by atoms with van der Waals surface area (Å²) in [7, 11) is 0. The lowest BCUT2D eigenvalue weighted by Crippen LogP contribution is -2.61. The first-order valence-corrected chi connectivity index (χ1v) is 12.2. The highest BCUT2D eigenvalue weighted by Gasteiger charge is 2.65. The molecule has 3 N–H and O–H groups in total. The minimum absolute atomic E-state index is 0.135. The normalized spacial score (nSPS) is 50.3. The van der Waals surface area contributed by atoms with Crippen LogP contribution in [0.4, 0.5) is 0 Å². The summed E-state index contributed by atoms with van der Waals surface area (Å²) in [5.41, 5.74) is 0.189. The molecule has 0 aromatic heterocycles. The maximum absolute atomic E-state index is 11.6. The number of carboxylic acids is 1. The van der Waals surface area contributed by atoms with Gasteiger partial charge in [-0.25, -0.2) is 0 Å². The van der Waals surface area contributed by atoms with Gasteiger partial charge in [-0.15, -0.1) is 0 Å². The topological polar surface area (TPSA) is 77.8 Å². The highest BCUT2D eigenvalue weighted by atomic mass is 16.4. The first-order valence-electron chi connectivity index (χ1n) is 12.2. The lowest BCUT2D eigenvalue weighted by atomic mass is 9.42. The van der Waals surface area contributed by atoms with Gasteiger partial charge in [0.1, 0.15) is 0 Å². The van der Waals surface area contributed by atoms with Crippen molar-refractivity contribution >= 4 is 5.97 Å². The van der Waals surface area contributed by atoms with Crippen LogP contribution < -0.4 is 0 Å². The highest BCUT2D eigenvalue weighted by Crippen LogP contribution is 2.69. The van der Waals surface area contributed by atoms with Crippen molar-refractivity contribution in [2.45, 2.75) is 91.1 Å². The first kappa shape index (κ1) is 21.6. The van der Waals surface area contributed by atoms with Crippen LogP contribution in [0.2, 0.25) is 0 Å². The second-order valence-electron chi connectivity index (χ2n) is 11.6. The monoisotopic (exact) mass is 406 g/mol. The Morgan fingerprint density at radius 2 is 1.86 bits per heavy atom. The third-order valence-electron chi connectivity index (χ3n) is 10.7. The van der Waals surface area contributed by atoms with Crippen LogP contribution in [0.3, 0.4) is 0 Å². The Morgan fingerprint density at radius 3 is 2.55 bits per heavy atom. The van der Waals surface area contributed by atoms with Gasteiger partial charge < -0.3 is 15.3 Å². The average molecular weight is 407 g/mol. The summed E-state index contributed by atoms with van der Waals surface area (Å²) in [6, 6.07) is 0. The van der Waals surface area contributed by atoms with Crippen molar-refractivity contribution in [3.63, 3.8) is 0 Å². The molecule has 166 valence electrons. The third-order valence-corrected chi connectivity index (χ3v) is 10.7. The Balaban J connectivity index is 1.63. The third kappa shape index (κ3) is 3.28. The van der Waals surface area contributed by atoms with Gasteiger partial charge in [0.2, 0.25) is 0 Å². The molecule has 4 fully saturated rings. The second kappa shape index (κ2) is 7.82. The van der Waals surface area contributed by atoms with E-state index in [1.54, 1.807) is 0 Å². The quantitative estimate of drug-likeness (QED) is 0.617. The van der Waals surface area contributed by atoms with Gasteiger partial charge in [0, 0.05) is 13.0 Å². The molecular formula is C25H42O4. The van der Waals surface area contributed by atoms with Gasteiger partial charge in [0.15, 0.2) is 0 Å². The van der Waals surface area contributed by atoms with Crippen molar-refractivity contribution in [1.29, 1.82) is 0 Å². The predicted octanol–water partition coefficient (Wildman–Crippen LogP) is 4.73. The minimum Gasteiger partial charge on any atom is -0.481 e. The van der Waals surface area contributed by atoms with E-state index in [0.29, 0.717) is 53.3 Å². The fraction of sp³-hybridized carbons (Fsp3) is 0.960. The molecule has 10 atom stereocenters. The number of hydrogen-bond acceptors (Lipinski definition) is 3. The number of carbonyl (C=O) groups is 1. The first-order chi connectivity index (χ1) is 13.7. The summed E-state index contributed by atoms with van der Waals surface area (Å²) < 4.78 is 0. The SMILES string of the molecule is C[C@H](CCC(=O)O)[C@H]1CC[C@H]2C3C(CO)C[C@@H]4CCCC[C@]4(C)[C@H]3C[C@H](O)[C@]12C. The molecule has 2 unspecified atom stereocenters. The van der Waals surface area contributed by atoms with Gasteiger partial charge in [-0.3, -0.25) is 4.79 Å². The van der Waals surface area contributed by atoms with Gasteiger partial charge in [-0.2, -0.15) is 0 Å². The van der Waals surface area contributed by atoms with Crippen LogP contribution in [0.15, 0.2) is 0 Å². The fourth-order valence-corrected chi connectivity index (χ4v) is 9.13. The molecule has 4 aliphatic carbocycles. The van der Waals surface area contributed by atoms with Crippen LogP contribution in [0, 0.1) is 52.3 Å². The summed E-state index contributed by atoms with van der Waals surface area (Å²) in [5.74, 6) is 2.58. The van der Waals surface area contributed by atoms with Crippen molar-refractivity contribution < 1.29 is 20.1 Å². The van der Waals surface area contributed by atoms with E-state index in [-0.39, 0.29) is 24.5 Å². The summed E-state index contributed by atoms with van der Waals surface area (Å²) >= 11 is 0. The van der Waals surface area contributed by atoms with Crippen LogP contribution in [-0.2, 0) is 4.79 Å². The highest BCUT2D eigenvalue weighted by molar-refractivity contribution is 5.66. The average Bonchev–Trinajstić information content (AvgIpc) is 3.05. The van der Waals surface area contributed by atoms with Crippen molar-refractivity contribution in [1.82, 2.24) is 0 Å². The molecular weight excluding hydrogens is 364 g/mol. The standard InChI is InChI=1S/C25H42O4/c1-15(7-10-22(28)29)18-8-9-19-23-16(14-26)12-17-6-4-5-11-24(17,2)20(23)13-21(27)25(18,19)3/h15-21,23,26-27H,4-14H2,1-3H3,(H,28,29)/t15-,16?,17+,18-,19+,20+,21+,23?,24+,25-/m1/s1. The summed E-state index contributed by atoms with van der Waals surface area (Å²) in [5, 5.41) is 31.1. The Kier molecular flexibility index (Phi) is 5.83. The molecule has 4 heteroatoms. The Morgan fingerprint density at radius 1 is 1.10 bits per heavy atom. The number of fused-ring (bicyclic) bond motifs is 5. The largest absolute Gasteiger partial charge is 0.481 e. The molecule has 4 aliphatic rings. The molecule has 0 aromatic rings. The number of hydrogen-bond donors (Lipinski definition) is 3. The van der Waals surface area contributed by atoms with Crippen LogP contribution in [0.1, 0.15) is 85.0 Å². The molecule has 0 heterocycles. The van der Waals surface area contributed by atoms with Gasteiger partial charge in [-0.1, -0.05) is 33.6 Å². The maximum Gasteiger partial charge on any atom is 0.303 e. The van der Waals surface area contributed by atoms with Crippen LogP contribution >= 0.6 is 0 Å². The predicted molar refractivity (Wildman–Crippen MR) is 113 cm³/mol. The van der Waals surface area contributed by atoms with E-state index >= 15 is 0 Å². The fourth-order valence-electron chi connectivity index (χ4n) is 9.13. The van der Waals surface area contributed by atoms with Crippen molar-refractivity contribution in [3.05, 3.63) is 0 Å². The molecule has 0 aromatic carbocycles. The lowest BCUT2D eigenvalue weighted by Gasteiger charge is -2.64. The molecule has 29 heavy (non-hydrogen) atoms. The van der Waals surface area contributed by atoms with E-state index in [9.17, 15) is 15.0 Å². The number of aliphatic hydroxyl groups excluding tert-OH is 2. The van der Waals surface area contributed by atoms with E-state index < -0.39 is 5.97 Å². The molecule has 4 rings (SSSR count). The van der Waals surface area contributed by atoms with Crippen LogP contribution in [0.5, 0.6) is 0 Å². The van der Waals surface area contributed by atoms with E-state index in [1.807, 2.05) is 0 Å². The van der Waals surface area contributed by atoms with Gasteiger partial charge in [-0.05, 0) is 97.2 Å². The molecule has 0 amide bonds. The Hall–Kier alpha value is -0.610. The van der Waals surface area contributed by atoms with Crippen LogP contribution in [0.25, 0.3) is 0 Å². The number of rotatable bonds is 5. The van der Waals surface area contributed by atoms with E-state index in [2.05, 4.69) is 20.8 Å². The molecule has 0 bridgehead atoms. The molecule has 4 nitrogen and oxygen atoms in total. The summed E-state index contributed by atoms with van der Waals surface area (Å²) in [6.07, 6.45) is 10.1. The van der Waals surface area contributed by atoms with Gasteiger partial charge >= 0.3 is 5.97 Å². The van der Waals surface area contributed by atoms with E-state index in [0.717, 1.165) is 25.7 Å². The molecule has 0 spiro atoms. The molecule has 0 aliphatic heterocycles. The van der Waals surface area contributed by atoms with Crippen molar-refractivity contribution in [3.8, 4) is 0 Å². The van der Waals surface area contributed by atoms with Gasteiger partial charge in [0.05, 0.1) is 6.10 Å². The van der Waals surface area contributed by atoms with Crippen molar-refractivity contribution in [2.75, 3.05) is 6.61 Å². The Labute approximate surface area is 176 Å². The molecule has 4 saturated carbocycles. The number of aliphatic carboxylic acids is 1. The van der Waals surface area contributed by atoms with E-state index in [4.69, 9.17) is 5.11 Å². The zero-order valence-electron chi connectivity index (χ0n) is 18.6. The maximum atomic E-state index is 11.6. The van der Waals surface area contributed by atoms with Gasteiger partial charge in [0.25, 0.3) is 0 Å². The number of carboxylic acid groups (broad SMARTS) is 1. The minimum atomic E-state index is -0.718. The molecule has 0 saturated heterocycles. The van der Waals surface area contributed by atoms with Crippen molar-refractivity contribution in [2.24, 2.45) is 52.3 Å². The second-order valence-corrected chi connectivity index (χ2v) is 11.6. The smallest absolute Gasteiger partial charge is 0.303 e. The zero-order valence-corrected chi connectivity index (χ0v) is 18.6. The van der Waals surface area contributed by atoms with Crippen LogP contribution in [-0.4, -0.2) is 34.0 Å². The van der Waals surface area contributed by atoms with E-state index in [1.165, 1.54) is 25.7 Å². The summed E-state index contributed by atoms with van der Waals surface area (Å²) in [6.45, 7) is 7.29. The lowest BCUT2D eigenvalue weighted by molar-refractivity contribution is -0.190. The Bertz CT molecular complexity index is 620. The zero-order chi connectivity index (χ0) is 21.0.